The minimum atomic E-state index is 0.611. The highest BCUT2D eigenvalue weighted by Crippen LogP contribution is 2.29. The molecule has 0 fully saturated rings. The van der Waals surface area contributed by atoms with Crippen molar-refractivity contribution in [3.8, 4) is 0 Å². The predicted octanol–water partition coefficient (Wildman–Crippen LogP) is 2.04. The molecule has 2 N–H and O–H groups in total. The van der Waals surface area contributed by atoms with Crippen LogP contribution in [0.5, 0.6) is 0 Å². The Bertz CT molecular complexity index is 369. The molecule has 0 bridgehead atoms. The number of anilines is 1. The van der Waals surface area contributed by atoms with E-state index >= 15 is 0 Å². The van der Waals surface area contributed by atoms with E-state index < -0.39 is 0 Å². The molecule has 1 aliphatic heterocycles. The predicted molar refractivity (Wildman–Crippen MR) is 66.1 cm³/mol. The second-order valence-corrected chi connectivity index (χ2v) is 4.01. The second kappa shape index (κ2) is 4.49. The lowest BCUT2D eigenvalue weighted by molar-refractivity contribution is 0.743. The van der Waals surface area contributed by atoms with Gasteiger partial charge < -0.3 is 10.6 Å². The first-order chi connectivity index (χ1) is 7.33. The van der Waals surface area contributed by atoms with Crippen LogP contribution in [0.3, 0.4) is 0 Å². The van der Waals surface area contributed by atoms with Crippen LogP contribution in [-0.4, -0.2) is 20.1 Å². The fourth-order valence-corrected chi connectivity index (χ4v) is 2.19. The van der Waals surface area contributed by atoms with E-state index in [1.807, 2.05) is 6.08 Å². The van der Waals surface area contributed by atoms with Crippen molar-refractivity contribution >= 4 is 11.8 Å². The van der Waals surface area contributed by atoms with Gasteiger partial charge in [0.25, 0.3) is 0 Å². The Morgan fingerprint density at radius 1 is 1.47 bits per heavy atom. The first kappa shape index (κ1) is 10.2. The lowest BCUT2D eigenvalue weighted by Crippen LogP contribution is -2.25. The van der Waals surface area contributed by atoms with Gasteiger partial charge in [-0.3, -0.25) is 0 Å². The van der Waals surface area contributed by atoms with Gasteiger partial charge >= 0.3 is 0 Å². The Hall–Kier alpha value is -1.28. The maximum Gasteiger partial charge on any atom is 0.0402 e. The number of hydrogen-bond donors (Lipinski definition) is 1. The molecule has 2 nitrogen and oxygen atoms in total. The molecule has 80 valence electrons. The number of nitrogens with zero attached hydrogens (tertiary/aromatic N) is 1. The molecule has 1 aromatic rings. The zero-order chi connectivity index (χ0) is 10.7. The zero-order valence-electron chi connectivity index (χ0n) is 9.24. The molecule has 1 aliphatic rings. The van der Waals surface area contributed by atoms with E-state index in [0.29, 0.717) is 6.54 Å². The molecule has 0 amide bonds. The highest BCUT2D eigenvalue weighted by atomic mass is 15.1. The van der Waals surface area contributed by atoms with Crippen LogP contribution in [0.4, 0.5) is 5.69 Å². The molecule has 0 saturated heterocycles. The Kier molecular flexibility index (Phi) is 3.07. The summed E-state index contributed by atoms with van der Waals surface area (Å²) in [6, 6.07) is 6.50. The quantitative estimate of drug-likeness (QED) is 0.795. The van der Waals surface area contributed by atoms with Gasteiger partial charge in [-0.2, -0.15) is 0 Å². The molecule has 0 aromatic heterocycles. The third kappa shape index (κ3) is 2.05. The summed E-state index contributed by atoms with van der Waals surface area (Å²) in [5, 5.41) is 0. The SMILES string of the molecule is CN1CCCc2c(/C=C/CN)cccc21. The van der Waals surface area contributed by atoms with Crippen molar-refractivity contribution in [1.29, 1.82) is 0 Å². The first-order valence-electron chi connectivity index (χ1n) is 5.52. The summed E-state index contributed by atoms with van der Waals surface area (Å²) in [4.78, 5) is 2.33. The van der Waals surface area contributed by atoms with Gasteiger partial charge in [-0.1, -0.05) is 24.3 Å². The van der Waals surface area contributed by atoms with E-state index in [4.69, 9.17) is 5.73 Å². The molecular formula is C13H18N2. The Morgan fingerprint density at radius 3 is 3.13 bits per heavy atom. The van der Waals surface area contributed by atoms with Gasteiger partial charge in [-0.05, 0) is 30.0 Å². The average molecular weight is 202 g/mol. The summed E-state index contributed by atoms with van der Waals surface area (Å²) in [6.45, 7) is 1.77. The van der Waals surface area contributed by atoms with E-state index in [1.165, 1.54) is 29.7 Å². The molecule has 0 radical (unpaired) electrons. The second-order valence-electron chi connectivity index (χ2n) is 4.01. The first-order valence-corrected chi connectivity index (χ1v) is 5.52. The van der Waals surface area contributed by atoms with E-state index in [0.717, 1.165) is 6.54 Å². The van der Waals surface area contributed by atoms with Crippen LogP contribution < -0.4 is 10.6 Å². The van der Waals surface area contributed by atoms with Gasteiger partial charge in [-0.15, -0.1) is 0 Å². The summed E-state index contributed by atoms with van der Waals surface area (Å²) in [5.41, 5.74) is 9.65. The lowest BCUT2D eigenvalue weighted by atomic mass is 9.96. The Balaban J connectivity index is 2.40. The smallest absolute Gasteiger partial charge is 0.0402 e. The maximum atomic E-state index is 5.48. The monoisotopic (exact) mass is 202 g/mol. The number of hydrogen-bond acceptors (Lipinski definition) is 2. The molecule has 1 aromatic carbocycles. The summed E-state index contributed by atoms with van der Waals surface area (Å²) in [7, 11) is 2.16. The van der Waals surface area contributed by atoms with E-state index in [2.05, 4.69) is 36.2 Å². The molecule has 0 atom stereocenters. The maximum absolute atomic E-state index is 5.48. The van der Waals surface area contributed by atoms with E-state index in [-0.39, 0.29) is 0 Å². The average Bonchev–Trinajstić information content (AvgIpc) is 2.27. The van der Waals surface area contributed by atoms with Crippen molar-refractivity contribution in [2.75, 3.05) is 25.0 Å². The van der Waals surface area contributed by atoms with E-state index in [9.17, 15) is 0 Å². The van der Waals surface area contributed by atoms with E-state index in [1.54, 1.807) is 0 Å². The number of benzene rings is 1. The Labute approximate surface area is 91.4 Å². The highest BCUT2D eigenvalue weighted by molar-refractivity contribution is 5.66. The van der Waals surface area contributed by atoms with Crippen molar-refractivity contribution in [2.45, 2.75) is 12.8 Å². The van der Waals surface area contributed by atoms with Crippen molar-refractivity contribution < 1.29 is 0 Å². The minimum Gasteiger partial charge on any atom is -0.374 e. The van der Waals surface area contributed by atoms with Crippen LogP contribution in [0.1, 0.15) is 17.5 Å². The van der Waals surface area contributed by atoms with Crippen molar-refractivity contribution in [1.82, 2.24) is 0 Å². The molecule has 2 heteroatoms. The van der Waals surface area contributed by atoms with Crippen molar-refractivity contribution in [3.05, 3.63) is 35.4 Å². The Morgan fingerprint density at radius 2 is 2.33 bits per heavy atom. The molecule has 0 aliphatic carbocycles. The summed E-state index contributed by atoms with van der Waals surface area (Å²) < 4.78 is 0. The lowest BCUT2D eigenvalue weighted by Gasteiger charge is -2.28. The minimum absolute atomic E-state index is 0.611. The van der Waals surface area contributed by atoms with Gasteiger partial charge in [0.2, 0.25) is 0 Å². The standard InChI is InChI=1S/C13H18N2/c1-15-10-4-7-12-11(6-3-9-14)5-2-8-13(12)15/h2-3,5-6,8H,4,7,9-10,14H2,1H3/b6-3+. The number of rotatable bonds is 2. The molecule has 0 unspecified atom stereocenters. The fraction of sp³-hybridized carbons (Fsp3) is 0.385. The van der Waals surface area contributed by atoms with Crippen LogP contribution in [0, 0.1) is 0 Å². The van der Waals surface area contributed by atoms with Crippen LogP contribution in [0.25, 0.3) is 6.08 Å². The van der Waals surface area contributed by atoms with Crippen molar-refractivity contribution in [3.63, 3.8) is 0 Å². The molecule has 0 spiro atoms. The highest BCUT2D eigenvalue weighted by Gasteiger charge is 2.14. The zero-order valence-corrected chi connectivity index (χ0v) is 9.24. The molecule has 1 heterocycles. The summed E-state index contributed by atoms with van der Waals surface area (Å²) >= 11 is 0. The molecular weight excluding hydrogens is 184 g/mol. The van der Waals surface area contributed by atoms with Gasteiger partial charge in [0, 0.05) is 25.8 Å². The van der Waals surface area contributed by atoms with Crippen LogP contribution in [0.2, 0.25) is 0 Å². The van der Waals surface area contributed by atoms with Crippen LogP contribution in [0.15, 0.2) is 24.3 Å². The van der Waals surface area contributed by atoms with Crippen molar-refractivity contribution in [2.24, 2.45) is 5.73 Å². The van der Waals surface area contributed by atoms with Gasteiger partial charge in [0.05, 0.1) is 0 Å². The third-order valence-corrected chi connectivity index (χ3v) is 2.95. The fourth-order valence-electron chi connectivity index (χ4n) is 2.19. The van der Waals surface area contributed by atoms with Crippen LogP contribution in [-0.2, 0) is 6.42 Å². The molecule has 2 rings (SSSR count). The van der Waals surface area contributed by atoms with Crippen LogP contribution >= 0.6 is 0 Å². The molecule has 15 heavy (non-hydrogen) atoms. The molecule has 0 saturated carbocycles. The topological polar surface area (TPSA) is 29.3 Å². The largest absolute Gasteiger partial charge is 0.374 e. The number of fused-ring (bicyclic) bond motifs is 1. The summed E-state index contributed by atoms with van der Waals surface area (Å²) in [6.07, 6.45) is 6.59. The summed E-state index contributed by atoms with van der Waals surface area (Å²) in [5.74, 6) is 0. The number of nitrogens with two attached hydrogens (primary N) is 1. The van der Waals surface area contributed by atoms with Gasteiger partial charge in [0.15, 0.2) is 0 Å². The third-order valence-electron chi connectivity index (χ3n) is 2.95. The van der Waals surface area contributed by atoms with Gasteiger partial charge in [-0.25, -0.2) is 0 Å². The normalized spacial score (nSPS) is 15.7. The van der Waals surface area contributed by atoms with Gasteiger partial charge in [0.1, 0.15) is 0 Å².